The monoisotopic (exact) mass is 439 g/mol. The summed E-state index contributed by atoms with van der Waals surface area (Å²) in [6.45, 7) is 3.56. The fourth-order valence-electron chi connectivity index (χ4n) is 3.83. The van der Waals surface area contributed by atoms with Crippen LogP contribution in [0.2, 0.25) is 0 Å². The van der Waals surface area contributed by atoms with Gasteiger partial charge in [-0.25, -0.2) is 4.79 Å². The van der Waals surface area contributed by atoms with E-state index in [0.29, 0.717) is 12.2 Å². The Hall–Kier alpha value is -3.26. The number of benzene rings is 2. The molecule has 2 aromatic rings. The van der Waals surface area contributed by atoms with Crippen molar-refractivity contribution in [2.45, 2.75) is 25.4 Å². The third-order valence-corrected chi connectivity index (χ3v) is 5.59. The molecule has 0 aliphatic carbocycles. The number of hydrogen-bond acceptors (Lipinski definition) is 5. The lowest BCUT2D eigenvalue weighted by molar-refractivity contribution is 0.187. The lowest BCUT2D eigenvalue weighted by atomic mass is 10.1. The molecule has 2 aromatic carbocycles. The van der Waals surface area contributed by atoms with Gasteiger partial charge in [0.15, 0.2) is 5.96 Å². The molecule has 1 saturated heterocycles. The third kappa shape index (κ3) is 6.62. The van der Waals surface area contributed by atoms with E-state index in [2.05, 4.69) is 42.7 Å². The number of guanidine groups is 1. The molecule has 1 atom stereocenters. The molecule has 32 heavy (non-hydrogen) atoms. The van der Waals surface area contributed by atoms with Crippen molar-refractivity contribution in [2.75, 3.05) is 46.2 Å². The molecular formula is C24H33N5O3. The van der Waals surface area contributed by atoms with Crippen LogP contribution in [0.15, 0.2) is 53.5 Å². The van der Waals surface area contributed by atoms with Crippen LogP contribution in [-0.2, 0) is 11.3 Å². The predicted octanol–water partition coefficient (Wildman–Crippen LogP) is 3.38. The maximum atomic E-state index is 11.3. The molecule has 0 spiro atoms. The Balaban J connectivity index is 1.58. The molecule has 0 bridgehead atoms. The van der Waals surface area contributed by atoms with Gasteiger partial charge >= 0.3 is 6.09 Å². The number of anilines is 1. The van der Waals surface area contributed by atoms with Crippen LogP contribution in [0, 0.1) is 0 Å². The molecule has 3 N–H and O–H groups in total. The van der Waals surface area contributed by atoms with Gasteiger partial charge < -0.3 is 20.1 Å². The highest BCUT2D eigenvalue weighted by Gasteiger charge is 2.24. The lowest BCUT2D eigenvalue weighted by Crippen LogP contribution is -2.42. The number of carbonyl (C=O) groups excluding carboxylic acids is 1. The normalized spacial score (nSPS) is 15.2. The molecule has 8 heteroatoms. The van der Waals surface area contributed by atoms with E-state index < -0.39 is 6.09 Å². The molecule has 0 aromatic heterocycles. The van der Waals surface area contributed by atoms with Crippen LogP contribution in [0.25, 0.3) is 0 Å². The second-order valence-electron chi connectivity index (χ2n) is 7.66. The molecule has 8 nitrogen and oxygen atoms in total. The number of carbonyl (C=O) groups is 1. The first-order valence-electron chi connectivity index (χ1n) is 10.9. The van der Waals surface area contributed by atoms with Crippen molar-refractivity contribution in [3.8, 4) is 5.75 Å². The molecule has 172 valence electrons. The average molecular weight is 440 g/mol. The van der Waals surface area contributed by atoms with E-state index in [9.17, 15) is 4.79 Å². The standard InChI is InChI=1S/C24H33N5O3/c1-25-23(26-16-18-9-11-20(12-10-18)28-24(30)32-3)27-17-22(29-13-4-5-14-29)19-7-6-8-21(15-19)31-2/h6-12,15,22H,4-5,13-14,16-17H2,1-3H3,(H,28,30)(H2,25,26,27). The molecule has 1 fully saturated rings. The van der Waals surface area contributed by atoms with E-state index in [1.165, 1.54) is 25.5 Å². The largest absolute Gasteiger partial charge is 0.497 e. The predicted molar refractivity (Wildman–Crippen MR) is 127 cm³/mol. The molecule has 1 unspecified atom stereocenters. The minimum atomic E-state index is -0.482. The SMILES string of the molecule is CN=C(NCc1ccc(NC(=O)OC)cc1)NCC(c1cccc(OC)c1)N1CCCC1. The third-order valence-electron chi connectivity index (χ3n) is 5.59. The summed E-state index contributed by atoms with van der Waals surface area (Å²) in [5, 5.41) is 9.49. The smallest absolute Gasteiger partial charge is 0.411 e. The molecule has 0 radical (unpaired) electrons. The lowest BCUT2D eigenvalue weighted by Gasteiger charge is -2.29. The summed E-state index contributed by atoms with van der Waals surface area (Å²) in [5.74, 6) is 1.62. The highest BCUT2D eigenvalue weighted by atomic mass is 16.5. The van der Waals surface area contributed by atoms with Crippen LogP contribution in [0.4, 0.5) is 10.5 Å². The first-order chi connectivity index (χ1) is 15.6. The van der Waals surface area contributed by atoms with Gasteiger partial charge in [-0.2, -0.15) is 0 Å². The molecule has 1 amide bonds. The second kappa shape index (κ2) is 12.0. The highest BCUT2D eigenvalue weighted by Crippen LogP contribution is 2.27. The fourth-order valence-corrected chi connectivity index (χ4v) is 3.83. The van der Waals surface area contributed by atoms with Crippen molar-refractivity contribution in [3.63, 3.8) is 0 Å². The van der Waals surface area contributed by atoms with Gasteiger partial charge in [-0.15, -0.1) is 0 Å². The molecule has 1 aliphatic rings. The average Bonchev–Trinajstić information content (AvgIpc) is 3.36. The molecule has 1 aliphatic heterocycles. The number of nitrogens with zero attached hydrogens (tertiary/aromatic N) is 2. The van der Waals surface area contributed by atoms with Gasteiger partial charge in [0.2, 0.25) is 0 Å². The number of amides is 1. The maximum Gasteiger partial charge on any atom is 0.411 e. The van der Waals surface area contributed by atoms with Gasteiger partial charge in [0.25, 0.3) is 0 Å². The molecular weight excluding hydrogens is 406 g/mol. The first kappa shape index (κ1) is 23.4. The first-order valence-corrected chi connectivity index (χ1v) is 10.9. The highest BCUT2D eigenvalue weighted by molar-refractivity contribution is 5.84. The number of hydrogen-bond donors (Lipinski definition) is 3. The Morgan fingerprint density at radius 3 is 2.50 bits per heavy atom. The number of rotatable bonds is 8. The van der Waals surface area contributed by atoms with E-state index in [-0.39, 0.29) is 6.04 Å². The van der Waals surface area contributed by atoms with Crippen LogP contribution in [0.1, 0.15) is 30.0 Å². The number of nitrogens with one attached hydrogen (secondary N) is 3. The van der Waals surface area contributed by atoms with Gasteiger partial charge in [-0.1, -0.05) is 24.3 Å². The quantitative estimate of drug-likeness (QED) is 0.432. The minimum Gasteiger partial charge on any atom is -0.497 e. The van der Waals surface area contributed by atoms with Crippen molar-refractivity contribution in [2.24, 2.45) is 4.99 Å². The minimum absolute atomic E-state index is 0.245. The Labute approximate surface area is 190 Å². The maximum absolute atomic E-state index is 11.3. The van der Waals surface area contributed by atoms with Gasteiger partial charge in [-0.05, 0) is 61.3 Å². The van der Waals surface area contributed by atoms with Crippen molar-refractivity contribution in [3.05, 3.63) is 59.7 Å². The molecule has 1 heterocycles. The summed E-state index contributed by atoms with van der Waals surface area (Å²) in [6.07, 6.45) is 1.98. The summed E-state index contributed by atoms with van der Waals surface area (Å²) in [4.78, 5) is 18.2. The van der Waals surface area contributed by atoms with E-state index in [1.54, 1.807) is 14.2 Å². The van der Waals surface area contributed by atoms with Crippen LogP contribution >= 0.6 is 0 Å². The van der Waals surface area contributed by atoms with Crippen LogP contribution < -0.4 is 20.7 Å². The Morgan fingerprint density at radius 1 is 1.09 bits per heavy atom. The molecule has 0 saturated carbocycles. The fraction of sp³-hybridized carbons (Fsp3) is 0.417. The van der Waals surface area contributed by atoms with E-state index in [0.717, 1.165) is 36.9 Å². The van der Waals surface area contributed by atoms with E-state index >= 15 is 0 Å². The van der Waals surface area contributed by atoms with Crippen molar-refractivity contribution in [1.82, 2.24) is 15.5 Å². The summed E-state index contributed by atoms with van der Waals surface area (Å²) >= 11 is 0. The Morgan fingerprint density at radius 2 is 1.84 bits per heavy atom. The van der Waals surface area contributed by atoms with Crippen molar-refractivity contribution < 1.29 is 14.3 Å². The topological polar surface area (TPSA) is 87.2 Å². The van der Waals surface area contributed by atoms with Crippen LogP contribution in [-0.4, -0.2) is 57.9 Å². The van der Waals surface area contributed by atoms with Crippen LogP contribution in [0.5, 0.6) is 5.75 Å². The van der Waals surface area contributed by atoms with E-state index in [1.807, 2.05) is 36.4 Å². The zero-order chi connectivity index (χ0) is 22.8. The summed E-state index contributed by atoms with van der Waals surface area (Å²) < 4.78 is 10.0. The number of ether oxygens (including phenoxy) is 2. The van der Waals surface area contributed by atoms with Gasteiger partial charge in [0, 0.05) is 25.8 Å². The van der Waals surface area contributed by atoms with Gasteiger partial charge in [0.1, 0.15) is 5.75 Å². The van der Waals surface area contributed by atoms with Gasteiger partial charge in [0.05, 0.1) is 20.3 Å². The molecule has 3 rings (SSSR count). The van der Waals surface area contributed by atoms with Crippen molar-refractivity contribution in [1.29, 1.82) is 0 Å². The Bertz CT molecular complexity index is 895. The summed E-state index contributed by atoms with van der Waals surface area (Å²) in [5.41, 5.74) is 3.00. The summed E-state index contributed by atoms with van der Waals surface area (Å²) in [7, 11) is 4.82. The zero-order valence-corrected chi connectivity index (χ0v) is 19.1. The second-order valence-corrected chi connectivity index (χ2v) is 7.66. The van der Waals surface area contributed by atoms with E-state index in [4.69, 9.17) is 4.74 Å². The van der Waals surface area contributed by atoms with Crippen LogP contribution in [0.3, 0.4) is 0 Å². The number of likely N-dealkylation sites (tertiary alicyclic amines) is 1. The Kier molecular flexibility index (Phi) is 8.74. The zero-order valence-electron chi connectivity index (χ0n) is 19.1. The van der Waals surface area contributed by atoms with Crippen molar-refractivity contribution >= 4 is 17.7 Å². The number of aliphatic imine (C=N–C) groups is 1. The summed E-state index contributed by atoms with van der Waals surface area (Å²) in [6, 6.07) is 16.1. The van der Waals surface area contributed by atoms with Gasteiger partial charge in [-0.3, -0.25) is 15.2 Å². The number of methoxy groups -OCH3 is 2.